The Morgan fingerprint density at radius 2 is 2.14 bits per heavy atom. The van der Waals surface area contributed by atoms with Crippen LogP contribution in [0.25, 0.3) is 0 Å². The van der Waals surface area contributed by atoms with Crippen molar-refractivity contribution in [3.05, 3.63) is 45.2 Å². The molecule has 0 saturated carbocycles. The Balaban J connectivity index is 0.00000420. The number of thiazole rings is 1. The molecule has 160 valence electrons. The second-order valence-corrected chi connectivity index (χ2v) is 6.98. The summed E-state index contributed by atoms with van der Waals surface area (Å²) >= 11 is 1.29. The normalized spacial score (nSPS) is 12.0. The van der Waals surface area contributed by atoms with E-state index in [1.54, 1.807) is 33.0 Å². The van der Waals surface area contributed by atoms with E-state index in [1.165, 1.54) is 24.5 Å². The number of nitrogens with zero attached hydrogens (tertiary/aromatic N) is 2. The van der Waals surface area contributed by atoms with Gasteiger partial charge in [-0.1, -0.05) is 6.07 Å². The highest BCUT2D eigenvalue weighted by atomic mass is 127. The SMILES string of the molecule is CCOC(=O)c1sc(C(C)NC(=NC)NCc2ccc(OC)c(F)c2)nc1C.I. The fourth-order valence-corrected chi connectivity index (χ4v) is 3.42. The number of halogens is 2. The van der Waals surface area contributed by atoms with Crippen LogP contribution in [0.15, 0.2) is 23.2 Å². The van der Waals surface area contributed by atoms with E-state index in [0.29, 0.717) is 29.7 Å². The number of hydrogen-bond donors (Lipinski definition) is 2. The number of guanidine groups is 1. The lowest BCUT2D eigenvalue weighted by atomic mass is 10.2. The standard InChI is InChI=1S/C19H25FN4O3S.HI/c1-6-27-18(25)16-11(2)23-17(28-16)12(3)24-19(21-4)22-10-13-7-8-15(26-5)14(20)9-13;/h7-9,12H,6,10H2,1-5H3,(H2,21,22,24);1H. The molecule has 0 amide bonds. The van der Waals surface area contributed by atoms with E-state index in [4.69, 9.17) is 9.47 Å². The maximum Gasteiger partial charge on any atom is 0.350 e. The molecule has 1 heterocycles. The summed E-state index contributed by atoms with van der Waals surface area (Å²) in [7, 11) is 3.07. The maximum absolute atomic E-state index is 13.8. The number of aliphatic imine (C=N–C) groups is 1. The van der Waals surface area contributed by atoms with Crippen molar-refractivity contribution in [2.75, 3.05) is 20.8 Å². The molecule has 0 spiro atoms. The summed E-state index contributed by atoms with van der Waals surface area (Å²) < 4.78 is 23.8. The van der Waals surface area contributed by atoms with E-state index < -0.39 is 5.82 Å². The average Bonchev–Trinajstić information content (AvgIpc) is 3.07. The third-order valence-corrected chi connectivity index (χ3v) is 5.22. The molecular weight excluding hydrogens is 510 g/mol. The third kappa shape index (κ3) is 6.81. The van der Waals surface area contributed by atoms with Gasteiger partial charge in [-0.3, -0.25) is 4.99 Å². The molecule has 2 aromatic rings. The van der Waals surface area contributed by atoms with E-state index in [9.17, 15) is 9.18 Å². The van der Waals surface area contributed by atoms with E-state index in [0.717, 1.165) is 10.6 Å². The summed E-state index contributed by atoms with van der Waals surface area (Å²) in [6, 6.07) is 4.60. The number of nitrogens with one attached hydrogen (secondary N) is 2. The van der Waals surface area contributed by atoms with Crippen molar-refractivity contribution < 1.29 is 18.7 Å². The predicted molar refractivity (Wildman–Crippen MR) is 123 cm³/mol. The van der Waals surface area contributed by atoms with Crippen molar-refractivity contribution >= 4 is 47.2 Å². The fraction of sp³-hybridized carbons (Fsp3) is 0.421. The summed E-state index contributed by atoms with van der Waals surface area (Å²) in [4.78, 5) is 21.1. The molecule has 2 N–H and O–H groups in total. The van der Waals surface area contributed by atoms with Crippen molar-refractivity contribution in [3.8, 4) is 5.75 Å². The van der Waals surface area contributed by atoms with Crippen molar-refractivity contribution in [1.82, 2.24) is 15.6 Å². The molecule has 2 rings (SSSR count). The lowest BCUT2D eigenvalue weighted by Crippen LogP contribution is -2.38. The molecule has 0 aliphatic heterocycles. The van der Waals surface area contributed by atoms with Crippen LogP contribution in [0.4, 0.5) is 4.39 Å². The van der Waals surface area contributed by atoms with Gasteiger partial charge in [0.15, 0.2) is 17.5 Å². The lowest BCUT2D eigenvalue weighted by Gasteiger charge is -2.16. The van der Waals surface area contributed by atoms with Crippen molar-refractivity contribution in [2.24, 2.45) is 4.99 Å². The van der Waals surface area contributed by atoms with Crippen LogP contribution < -0.4 is 15.4 Å². The number of carbonyl (C=O) groups is 1. The highest BCUT2D eigenvalue weighted by molar-refractivity contribution is 14.0. The van der Waals surface area contributed by atoms with Crippen molar-refractivity contribution in [3.63, 3.8) is 0 Å². The van der Waals surface area contributed by atoms with Crippen LogP contribution >= 0.6 is 35.3 Å². The molecule has 0 bridgehead atoms. The van der Waals surface area contributed by atoms with Gasteiger partial charge in [-0.2, -0.15) is 0 Å². The molecule has 1 unspecified atom stereocenters. The Bertz CT molecular complexity index is 860. The molecule has 1 atom stereocenters. The Hall–Kier alpha value is -1.95. The van der Waals surface area contributed by atoms with Crippen molar-refractivity contribution in [2.45, 2.75) is 33.4 Å². The van der Waals surface area contributed by atoms with Crippen LogP contribution in [-0.4, -0.2) is 37.7 Å². The Morgan fingerprint density at radius 1 is 1.41 bits per heavy atom. The number of aromatic nitrogens is 1. The molecule has 0 radical (unpaired) electrons. The minimum atomic E-state index is -0.414. The predicted octanol–water partition coefficient (Wildman–Crippen LogP) is 3.82. The van der Waals surface area contributed by atoms with Crippen LogP contribution in [0, 0.1) is 12.7 Å². The Morgan fingerprint density at radius 3 is 2.72 bits per heavy atom. The summed E-state index contributed by atoms with van der Waals surface area (Å²) in [6.07, 6.45) is 0. The van der Waals surface area contributed by atoms with E-state index in [2.05, 4.69) is 20.6 Å². The Labute approximate surface area is 191 Å². The summed E-state index contributed by atoms with van der Waals surface area (Å²) in [5.74, 6) is -0.0338. The minimum absolute atomic E-state index is 0. The molecule has 1 aromatic heterocycles. The zero-order valence-electron chi connectivity index (χ0n) is 17.0. The van der Waals surface area contributed by atoms with Crippen LogP contribution in [-0.2, 0) is 11.3 Å². The second-order valence-electron chi connectivity index (χ2n) is 5.95. The maximum atomic E-state index is 13.8. The largest absolute Gasteiger partial charge is 0.494 e. The number of rotatable bonds is 7. The highest BCUT2D eigenvalue weighted by Crippen LogP contribution is 2.24. The smallest absolute Gasteiger partial charge is 0.350 e. The van der Waals surface area contributed by atoms with Gasteiger partial charge in [0.05, 0.1) is 25.5 Å². The zero-order valence-corrected chi connectivity index (χ0v) is 20.2. The molecule has 1 aromatic carbocycles. The van der Waals surface area contributed by atoms with Crippen molar-refractivity contribution in [1.29, 1.82) is 0 Å². The first kappa shape index (κ1) is 25.1. The van der Waals surface area contributed by atoms with Crippen LogP contribution in [0.5, 0.6) is 5.75 Å². The molecule has 0 saturated heterocycles. The average molecular weight is 536 g/mol. The number of benzene rings is 1. The first-order valence-corrected chi connectivity index (χ1v) is 9.65. The first-order chi connectivity index (χ1) is 13.4. The molecule has 0 aliphatic carbocycles. The molecular formula is C19H26FIN4O3S. The van der Waals surface area contributed by atoms with Crippen LogP contribution in [0.2, 0.25) is 0 Å². The van der Waals surface area contributed by atoms with Gasteiger partial charge in [0.1, 0.15) is 9.88 Å². The third-order valence-electron chi connectivity index (χ3n) is 3.90. The summed E-state index contributed by atoms with van der Waals surface area (Å²) in [5, 5.41) is 7.10. The van der Waals surface area contributed by atoms with Gasteiger partial charge in [0, 0.05) is 13.6 Å². The van der Waals surface area contributed by atoms with Crippen LogP contribution in [0.1, 0.15) is 45.8 Å². The highest BCUT2D eigenvalue weighted by Gasteiger charge is 2.20. The fourth-order valence-electron chi connectivity index (χ4n) is 2.46. The van der Waals surface area contributed by atoms with E-state index in [1.807, 2.05) is 6.92 Å². The lowest BCUT2D eigenvalue weighted by molar-refractivity contribution is 0.0531. The topological polar surface area (TPSA) is 84.8 Å². The number of aryl methyl sites for hydroxylation is 1. The number of carbonyl (C=O) groups excluding carboxylic acids is 1. The molecule has 0 fully saturated rings. The number of hydrogen-bond acceptors (Lipinski definition) is 6. The Kier molecular flexibility index (Phi) is 10.3. The zero-order chi connectivity index (χ0) is 20.7. The summed E-state index contributed by atoms with van der Waals surface area (Å²) in [6.45, 7) is 6.18. The number of ether oxygens (including phenoxy) is 2. The van der Waals surface area contributed by atoms with E-state index in [-0.39, 0.29) is 41.7 Å². The first-order valence-electron chi connectivity index (χ1n) is 8.83. The van der Waals surface area contributed by atoms with Gasteiger partial charge >= 0.3 is 5.97 Å². The molecule has 7 nitrogen and oxygen atoms in total. The second kappa shape index (κ2) is 11.9. The number of methoxy groups -OCH3 is 1. The number of esters is 1. The van der Waals surface area contributed by atoms with Gasteiger partial charge < -0.3 is 20.1 Å². The van der Waals surface area contributed by atoms with Gasteiger partial charge in [-0.25, -0.2) is 14.2 Å². The summed E-state index contributed by atoms with van der Waals surface area (Å²) in [5.41, 5.74) is 1.40. The minimum Gasteiger partial charge on any atom is -0.494 e. The molecule has 0 aliphatic rings. The van der Waals surface area contributed by atoms with Gasteiger partial charge in [0.2, 0.25) is 0 Å². The quantitative estimate of drug-likeness (QED) is 0.242. The molecule has 29 heavy (non-hydrogen) atoms. The van der Waals surface area contributed by atoms with Crippen LogP contribution in [0.3, 0.4) is 0 Å². The van der Waals surface area contributed by atoms with Gasteiger partial charge in [-0.15, -0.1) is 35.3 Å². The van der Waals surface area contributed by atoms with E-state index >= 15 is 0 Å². The van der Waals surface area contributed by atoms with Gasteiger partial charge in [0.25, 0.3) is 0 Å². The molecule has 10 heteroatoms. The monoisotopic (exact) mass is 536 g/mol. The van der Waals surface area contributed by atoms with Gasteiger partial charge in [-0.05, 0) is 38.5 Å².